The molecule has 1 N–H and O–H groups in total. The molecule has 0 spiro atoms. The molecule has 0 bridgehead atoms. The maximum atomic E-state index is 13.0. The number of fused-ring (bicyclic) bond motifs is 1. The van der Waals surface area contributed by atoms with Crippen molar-refractivity contribution in [3.63, 3.8) is 0 Å². The van der Waals surface area contributed by atoms with E-state index in [-0.39, 0.29) is 24.6 Å². The Bertz CT molecular complexity index is 1320. The van der Waals surface area contributed by atoms with E-state index in [2.05, 4.69) is 10.3 Å². The Kier molecular flexibility index (Phi) is 6.12. The number of anilines is 1. The summed E-state index contributed by atoms with van der Waals surface area (Å²) in [5, 5.41) is 2.73. The highest BCUT2D eigenvalue weighted by atomic mass is 19.1. The van der Waals surface area contributed by atoms with Crippen molar-refractivity contribution >= 4 is 17.2 Å². The van der Waals surface area contributed by atoms with Gasteiger partial charge in [-0.2, -0.15) is 0 Å². The number of aryl methyl sites for hydroxylation is 1. The molecule has 4 aromatic rings. The van der Waals surface area contributed by atoms with Crippen LogP contribution < -0.4 is 20.3 Å². The van der Waals surface area contributed by atoms with Gasteiger partial charge in [0.25, 0.3) is 11.5 Å². The van der Waals surface area contributed by atoms with Crippen LogP contribution in [0.25, 0.3) is 5.65 Å². The first kappa shape index (κ1) is 21.0. The molecule has 32 heavy (non-hydrogen) atoms. The summed E-state index contributed by atoms with van der Waals surface area (Å²) in [6.45, 7) is 1.73. The van der Waals surface area contributed by atoms with E-state index < -0.39 is 5.91 Å². The van der Waals surface area contributed by atoms with Gasteiger partial charge in [-0.3, -0.25) is 14.0 Å². The second kappa shape index (κ2) is 9.30. The molecule has 2 aromatic carbocycles. The highest BCUT2D eigenvalue weighted by molar-refractivity contribution is 5.93. The molecule has 8 heteroatoms. The fourth-order valence-corrected chi connectivity index (χ4v) is 3.04. The van der Waals surface area contributed by atoms with Gasteiger partial charge in [0, 0.05) is 12.3 Å². The third kappa shape index (κ3) is 5.10. The lowest BCUT2D eigenvalue weighted by atomic mass is 10.3. The molecule has 4 rings (SSSR count). The highest BCUT2D eigenvalue weighted by Gasteiger charge is 2.10. The number of amides is 1. The monoisotopic (exact) mass is 433 g/mol. The Morgan fingerprint density at radius 1 is 1.06 bits per heavy atom. The molecule has 0 fully saturated rings. The zero-order chi connectivity index (χ0) is 22.5. The van der Waals surface area contributed by atoms with Crippen molar-refractivity contribution in [1.29, 1.82) is 0 Å². The van der Waals surface area contributed by atoms with Gasteiger partial charge in [-0.1, -0.05) is 12.1 Å². The number of nitrogens with zero attached hydrogens (tertiary/aromatic N) is 2. The van der Waals surface area contributed by atoms with E-state index >= 15 is 0 Å². The van der Waals surface area contributed by atoms with Gasteiger partial charge < -0.3 is 14.8 Å². The van der Waals surface area contributed by atoms with Crippen LogP contribution in [0.15, 0.2) is 77.7 Å². The third-order valence-electron chi connectivity index (χ3n) is 4.60. The molecule has 2 heterocycles. The second-order valence-electron chi connectivity index (χ2n) is 7.09. The molecule has 1 amide bonds. The molecule has 0 unspecified atom stereocenters. The summed E-state index contributed by atoms with van der Waals surface area (Å²) in [7, 11) is 0. The molecule has 7 nitrogen and oxygen atoms in total. The SMILES string of the molecule is Cc1ccn2c(=O)cc(COc3ccccc3NC(=O)COc3ccc(F)cc3)nc2c1. The molecule has 0 aliphatic heterocycles. The maximum Gasteiger partial charge on any atom is 0.262 e. The molecule has 2 aromatic heterocycles. The van der Waals surface area contributed by atoms with Gasteiger partial charge in [0.2, 0.25) is 0 Å². The minimum absolute atomic E-state index is 0.0542. The molecule has 0 saturated carbocycles. The Hall–Kier alpha value is -4.20. The number of carbonyl (C=O) groups is 1. The quantitative estimate of drug-likeness (QED) is 0.480. The van der Waals surface area contributed by atoms with Crippen molar-refractivity contribution < 1.29 is 18.7 Å². The number of rotatable bonds is 7. The Labute approximate surface area is 183 Å². The zero-order valence-electron chi connectivity index (χ0n) is 17.2. The highest BCUT2D eigenvalue weighted by Crippen LogP contribution is 2.24. The number of hydrogen-bond acceptors (Lipinski definition) is 5. The van der Waals surface area contributed by atoms with E-state index in [0.29, 0.717) is 28.5 Å². The van der Waals surface area contributed by atoms with Crippen LogP contribution in [0, 0.1) is 12.7 Å². The van der Waals surface area contributed by atoms with Gasteiger partial charge >= 0.3 is 0 Å². The standard InChI is InChI=1S/C24H20FN3O4/c1-16-10-11-28-22(12-16)26-18(13-24(28)30)14-32-21-5-3-2-4-20(21)27-23(29)15-31-19-8-6-17(25)7-9-19/h2-13H,14-15H2,1H3,(H,27,29). The normalized spacial score (nSPS) is 10.7. The van der Waals surface area contributed by atoms with E-state index in [1.165, 1.54) is 34.7 Å². The summed E-state index contributed by atoms with van der Waals surface area (Å²) in [6, 6.07) is 17.4. The average molecular weight is 433 g/mol. The van der Waals surface area contributed by atoms with E-state index in [9.17, 15) is 14.0 Å². The van der Waals surface area contributed by atoms with Gasteiger partial charge in [-0.15, -0.1) is 0 Å². The van der Waals surface area contributed by atoms with E-state index in [4.69, 9.17) is 9.47 Å². The van der Waals surface area contributed by atoms with Crippen LogP contribution in [0.3, 0.4) is 0 Å². The third-order valence-corrected chi connectivity index (χ3v) is 4.60. The smallest absolute Gasteiger partial charge is 0.262 e. The Morgan fingerprint density at radius 3 is 2.66 bits per heavy atom. The van der Waals surface area contributed by atoms with Gasteiger partial charge in [-0.05, 0) is 61.0 Å². The number of para-hydroxylation sites is 2. The van der Waals surface area contributed by atoms with E-state index in [0.717, 1.165) is 5.56 Å². The minimum Gasteiger partial charge on any atom is -0.485 e. The van der Waals surface area contributed by atoms with Crippen molar-refractivity contribution in [2.75, 3.05) is 11.9 Å². The Balaban J connectivity index is 1.42. The van der Waals surface area contributed by atoms with Gasteiger partial charge in [0.15, 0.2) is 6.61 Å². The van der Waals surface area contributed by atoms with Crippen molar-refractivity contribution in [2.24, 2.45) is 0 Å². The van der Waals surface area contributed by atoms with Crippen LogP contribution >= 0.6 is 0 Å². The lowest BCUT2D eigenvalue weighted by Crippen LogP contribution is -2.20. The Morgan fingerprint density at radius 2 is 1.84 bits per heavy atom. The topological polar surface area (TPSA) is 81.9 Å². The molecule has 0 atom stereocenters. The van der Waals surface area contributed by atoms with Gasteiger partial charge in [0.05, 0.1) is 11.4 Å². The number of ether oxygens (including phenoxy) is 2. The lowest BCUT2D eigenvalue weighted by Gasteiger charge is -2.13. The average Bonchev–Trinajstić information content (AvgIpc) is 2.78. The van der Waals surface area contributed by atoms with Gasteiger partial charge in [0.1, 0.15) is 29.6 Å². The number of aromatic nitrogens is 2. The zero-order valence-corrected chi connectivity index (χ0v) is 17.2. The molecular weight excluding hydrogens is 413 g/mol. The van der Waals surface area contributed by atoms with Gasteiger partial charge in [-0.25, -0.2) is 9.37 Å². The minimum atomic E-state index is -0.400. The fourth-order valence-electron chi connectivity index (χ4n) is 3.04. The number of halogens is 1. The van der Waals surface area contributed by atoms with Crippen molar-refractivity contribution in [3.8, 4) is 11.5 Å². The predicted octanol–water partition coefficient (Wildman–Crippen LogP) is 3.74. The summed E-state index contributed by atoms with van der Waals surface area (Å²) in [5.41, 5.74) is 2.25. The molecule has 0 radical (unpaired) electrons. The summed E-state index contributed by atoms with van der Waals surface area (Å²) in [4.78, 5) is 29.1. The van der Waals surface area contributed by atoms with E-state index in [1.54, 1.807) is 30.5 Å². The van der Waals surface area contributed by atoms with Crippen molar-refractivity contribution in [3.05, 3.63) is 100 Å². The molecular formula is C24H20FN3O4. The summed E-state index contributed by atoms with van der Waals surface area (Å²) >= 11 is 0. The van der Waals surface area contributed by atoms with Crippen LogP contribution in [0.1, 0.15) is 11.3 Å². The number of pyridine rings is 1. The lowest BCUT2D eigenvalue weighted by molar-refractivity contribution is -0.118. The van der Waals surface area contributed by atoms with Crippen LogP contribution in [-0.2, 0) is 11.4 Å². The first-order chi connectivity index (χ1) is 15.5. The number of nitrogens with one attached hydrogen (secondary N) is 1. The van der Waals surface area contributed by atoms with Crippen molar-refractivity contribution in [2.45, 2.75) is 13.5 Å². The summed E-state index contributed by atoms with van der Waals surface area (Å²) in [5.74, 6) is 0.0263. The number of hydrogen-bond donors (Lipinski definition) is 1. The van der Waals surface area contributed by atoms with Crippen LogP contribution in [0.4, 0.5) is 10.1 Å². The fraction of sp³-hybridized carbons (Fsp3) is 0.125. The van der Waals surface area contributed by atoms with Crippen LogP contribution in [0.5, 0.6) is 11.5 Å². The number of carbonyl (C=O) groups excluding carboxylic acids is 1. The maximum absolute atomic E-state index is 13.0. The summed E-state index contributed by atoms with van der Waals surface area (Å²) in [6.07, 6.45) is 1.68. The first-order valence-corrected chi connectivity index (χ1v) is 9.87. The predicted molar refractivity (Wildman–Crippen MR) is 117 cm³/mol. The summed E-state index contributed by atoms with van der Waals surface area (Å²) < 4.78 is 25.6. The molecule has 162 valence electrons. The second-order valence-corrected chi connectivity index (χ2v) is 7.09. The number of benzene rings is 2. The van der Waals surface area contributed by atoms with Crippen LogP contribution in [-0.4, -0.2) is 21.9 Å². The van der Waals surface area contributed by atoms with Crippen molar-refractivity contribution in [1.82, 2.24) is 9.38 Å². The first-order valence-electron chi connectivity index (χ1n) is 9.87. The van der Waals surface area contributed by atoms with Crippen LogP contribution in [0.2, 0.25) is 0 Å². The molecule has 0 saturated heterocycles. The molecule has 0 aliphatic rings. The largest absolute Gasteiger partial charge is 0.485 e. The van der Waals surface area contributed by atoms with E-state index in [1.807, 2.05) is 19.1 Å². The molecule has 0 aliphatic carbocycles.